The molecule has 0 aliphatic carbocycles. The number of azo groups is 1. The van der Waals surface area contributed by atoms with E-state index in [1.807, 2.05) is 48.5 Å². The van der Waals surface area contributed by atoms with E-state index in [9.17, 15) is 10.2 Å². The quantitative estimate of drug-likeness (QED) is 0.142. The van der Waals surface area contributed by atoms with Crippen LogP contribution in [0.15, 0.2) is 58.8 Å². The number of aliphatic hydroxyl groups excluding tert-OH is 2. The van der Waals surface area contributed by atoms with Gasteiger partial charge in [-0.3, -0.25) is 0 Å². The number of unbranched alkanes of at least 4 members (excludes halogenated alkanes) is 4. The molecule has 0 saturated carbocycles. The van der Waals surface area contributed by atoms with Crippen molar-refractivity contribution in [3.8, 4) is 11.5 Å². The third-order valence-electron chi connectivity index (χ3n) is 6.10. The SMILES string of the molecule is CCCC(O)CCCCCOc1ccc(N=Nc2ccc(OCCCCCC(O)CCC)cc2)cc1. The molecule has 0 radical (unpaired) electrons. The van der Waals surface area contributed by atoms with Gasteiger partial charge in [-0.15, -0.1) is 0 Å². The average Bonchev–Trinajstić information content (AvgIpc) is 2.88. The minimum atomic E-state index is -0.152. The van der Waals surface area contributed by atoms with Gasteiger partial charge in [0.1, 0.15) is 11.5 Å². The van der Waals surface area contributed by atoms with Crippen molar-refractivity contribution in [3.63, 3.8) is 0 Å². The third-order valence-corrected chi connectivity index (χ3v) is 6.10. The fourth-order valence-corrected chi connectivity index (χ4v) is 3.99. The van der Waals surface area contributed by atoms with E-state index in [0.717, 1.165) is 99.9 Å². The number of rotatable bonds is 20. The standard InChI is InChI=1S/C30H46N2O4/c1-3-11-27(33)13-7-5-9-23-35-29-19-15-25(16-20-29)31-32-26-17-21-30(22-18-26)36-24-10-6-8-14-28(34)12-4-2/h15-22,27-28,33-34H,3-14,23-24H2,1-2H3. The molecule has 200 valence electrons. The molecule has 36 heavy (non-hydrogen) atoms. The summed E-state index contributed by atoms with van der Waals surface area (Å²) in [5.41, 5.74) is 1.55. The maximum absolute atomic E-state index is 9.76. The van der Waals surface area contributed by atoms with E-state index in [-0.39, 0.29) is 12.2 Å². The van der Waals surface area contributed by atoms with Gasteiger partial charge >= 0.3 is 0 Å². The van der Waals surface area contributed by atoms with Crippen LogP contribution in [0.4, 0.5) is 11.4 Å². The fourth-order valence-electron chi connectivity index (χ4n) is 3.99. The topological polar surface area (TPSA) is 83.6 Å². The monoisotopic (exact) mass is 498 g/mol. The molecule has 0 fully saturated rings. The van der Waals surface area contributed by atoms with Crippen molar-refractivity contribution in [1.29, 1.82) is 0 Å². The Bertz CT molecular complexity index is 754. The van der Waals surface area contributed by atoms with E-state index < -0.39 is 0 Å². The zero-order valence-electron chi connectivity index (χ0n) is 22.3. The second-order valence-electron chi connectivity index (χ2n) is 9.47. The van der Waals surface area contributed by atoms with Gasteiger partial charge in [0.25, 0.3) is 0 Å². The van der Waals surface area contributed by atoms with Crippen molar-refractivity contribution in [1.82, 2.24) is 0 Å². The van der Waals surface area contributed by atoms with Crippen LogP contribution in [0, 0.1) is 0 Å². The van der Waals surface area contributed by atoms with Crippen LogP contribution >= 0.6 is 0 Å². The molecule has 0 saturated heterocycles. The van der Waals surface area contributed by atoms with Crippen LogP contribution in [0.1, 0.15) is 90.9 Å². The molecule has 2 atom stereocenters. The highest BCUT2D eigenvalue weighted by atomic mass is 16.5. The minimum absolute atomic E-state index is 0.152. The van der Waals surface area contributed by atoms with E-state index in [4.69, 9.17) is 9.47 Å². The zero-order valence-corrected chi connectivity index (χ0v) is 22.3. The van der Waals surface area contributed by atoms with Crippen LogP contribution in [-0.4, -0.2) is 35.6 Å². The van der Waals surface area contributed by atoms with Gasteiger partial charge in [-0.2, -0.15) is 10.2 Å². The van der Waals surface area contributed by atoms with Gasteiger partial charge in [-0.25, -0.2) is 0 Å². The summed E-state index contributed by atoms with van der Waals surface area (Å²) in [5, 5.41) is 28.1. The Labute approximate surface area is 217 Å². The molecule has 2 aromatic carbocycles. The first-order chi connectivity index (χ1) is 17.6. The normalized spacial score (nSPS) is 13.1. The number of nitrogens with zero attached hydrogens (tertiary/aromatic N) is 2. The number of aliphatic hydroxyl groups is 2. The summed E-state index contributed by atoms with van der Waals surface area (Å²) in [5.74, 6) is 1.66. The maximum atomic E-state index is 9.76. The molecule has 0 spiro atoms. The fraction of sp³-hybridized carbons (Fsp3) is 0.600. The highest BCUT2D eigenvalue weighted by Gasteiger charge is 2.03. The van der Waals surface area contributed by atoms with Gasteiger partial charge in [0.15, 0.2) is 0 Å². The molecule has 0 aliphatic heterocycles. The summed E-state index contributed by atoms with van der Waals surface area (Å²) in [4.78, 5) is 0. The molecular weight excluding hydrogens is 452 g/mol. The second-order valence-corrected chi connectivity index (χ2v) is 9.47. The zero-order chi connectivity index (χ0) is 25.8. The summed E-state index contributed by atoms with van der Waals surface area (Å²) >= 11 is 0. The van der Waals surface area contributed by atoms with Gasteiger partial charge in [0, 0.05) is 0 Å². The van der Waals surface area contributed by atoms with Crippen LogP contribution in [-0.2, 0) is 0 Å². The average molecular weight is 499 g/mol. The molecule has 2 rings (SSSR count). The largest absolute Gasteiger partial charge is 0.494 e. The van der Waals surface area contributed by atoms with E-state index in [1.54, 1.807) is 0 Å². The summed E-state index contributed by atoms with van der Waals surface area (Å²) in [6.45, 7) is 5.57. The van der Waals surface area contributed by atoms with E-state index in [1.165, 1.54) is 0 Å². The predicted molar refractivity (Wildman–Crippen MR) is 147 cm³/mol. The summed E-state index contributed by atoms with van der Waals surface area (Å²) < 4.78 is 11.6. The summed E-state index contributed by atoms with van der Waals surface area (Å²) in [7, 11) is 0. The number of hydrogen-bond donors (Lipinski definition) is 2. The molecule has 0 amide bonds. The molecule has 2 N–H and O–H groups in total. The lowest BCUT2D eigenvalue weighted by molar-refractivity contribution is 0.149. The lowest BCUT2D eigenvalue weighted by atomic mass is 10.1. The Balaban J connectivity index is 1.60. The van der Waals surface area contributed by atoms with Crippen LogP contribution < -0.4 is 9.47 Å². The van der Waals surface area contributed by atoms with Crippen LogP contribution in [0.2, 0.25) is 0 Å². The van der Waals surface area contributed by atoms with Crippen LogP contribution in [0.5, 0.6) is 11.5 Å². The van der Waals surface area contributed by atoms with E-state index in [2.05, 4.69) is 24.1 Å². The molecule has 0 heterocycles. The minimum Gasteiger partial charge on any atom is -0.494 e. The van der Waals surface area contributed by atoms with Crippen molar-refractivity contribution in [2.45, 2.75) is 103 Å². The third kappa shape index (κ3) is 13.6. The summed E-state index contributed by atoms with van der Waals surface area (Å²) in [6, 6.07) is 15.3. The predicted octanol–water partition coefficient (Wildman–Crippen LogP) is 8.30. The van der Waals surface area contributed by atoms with Crippen molar-refractivity contribution >= 4 is 11.4 Å². The Morgan fingerprint density at radius 3 is 1.31 bits per heavy atom. The second kappa shape index (κ2) is 18.8. The van der Waals surface area contributed by atoms with Crippen molar-refractivity contribution in [2.24, 2.45) is 10.2 Å². The molecule has 2 aromatic rings. The first-order valence-corrected chi connectivity index (χ1v) is 13.8. The number of hydrogen-bond acceptors (Lipinski definition) is 6. The summed E-state index contributed by atoms with van der Waals surface area (Å²) in [6.07, 6.45) is 11.5. The molecule has 6 heteroatoms. The van der Waals surface area contributed by atoms with Gasteiger partial charge < -0.3 is 19.7 Å². The van der Waals surface area contributed by atoms with Crippen molar-refractivity contribution < 1.29 is 19.7 Å². The lowest BCUT2D eigenvalue weighted by Gasteiger charge is -2.09. The Hall–Kier alpha value is -2.44. The highest BCUT2D eigenvalue weighted by molar-refractivity contribution is 5.44. The van der Waals surface area contributed by atoms with Gasteiger partial charge in [-0.05, 0) is 99.9 Å². The number of benzene rings is 2. The van der Waals surface area contributed by atoms with Gasteiger partial charge in [0.05, 0.1) is 36.8 Å². The smallest absolute Gasteiger partial charge is 0.119 e. The first-order valence-electron chi connectivity index (χ1n) is 13.8. The van der Waals surface area contributed by atoms with Gasteiger partial charge in [0.2, 0.25) is 0 Å². The Morgan fingerprint density at radius 2 is 0.944 bits per heavy atom. The Kier molecular flexibility index (Phi) is 15.5. The molecule has 0 aromatic heterocycles. The van der Waals surface area contributed by atoms with Crippen molar-refractivity contribution in [3.05, 3.63) is 48.5 Å². The van der Waals surface area contributed by atoms with Gasteiger partial charge in [-0.1, -0.05) is 39.5 Å². The Morgan fingerprint density at radius 1 is 0.556 bits per heavy atom. The van der Waals surface area contributed by atoms with E-state index >= 15 is 0 Å². The molecule has 2 unspecified atom stereocenters. The molecule has 0 aliphatic rings. The lowest BCUT2D eigenvalue weighted by Crippen LogP contribution is -2.05. The molecular formula is C30H46N2O4. The van der Waals surface area contributed by atoms with E-state index in [0.29, 0.717) is 13.2 Å². The maximum Gasteiger partial charge on any atom is 0.119 e. The van der Waals surface area contributed by atoms with Crippen LogP contribution in [0.3, 0.4) is 0 Å². The van der Waals surface area contributed by atoms with Crippen LogP contribution in [0.25, 0.3) is 0 Å². The number of ether oxygens (including phenoxy) is 2. The molecule has 0 bridgehead atoms. The highest BCUT2D eigenvalue weighted by Crippen LogP contribution is 2.23. The molecule has 6 nitrogen and oxygen atoms in total. The van der Waals surface area contributed by atoms with Crippen molar-refractivity contribution in [2.75, 3.05) is 13.2 Å². The first kappa shape index (κ1) is 29.8.